The fourth-order valence-electron chi connectivity index (χ4n) is 2.80. The number of hydrogen-bond donors (Lipinski definition) is 0. The minimum atomic E-state index is -0.00722. The summed E-state index contributed by atoms with van der Waals surface area (Å²) in [5.41, 5.74) is 2.00. The van der Waals surface area contributed by atoms with Crippen LogP contribution in [-0.4, -0.2) is 18.3 Å². The minimum absolute atomic E-state index is 0.00722. The van der Waals surface area contributed by atoms with Gasteiger partial charge in [-0.1, -0.05) is 41.7 Å². The van der Waals surface area contributed by atoms with Gasteiger partial charge in [0.2, 0.25) is 0 Å². The van der Waals surface area contributed by atoms with Gasteiger partial charge in [-0.15, -0.1) is 0 Å². The van der Waals surface area contributed by atoms with E-state index >= 15 is 0 Å². The van der Waals surface area contributed by atoms with Crippen LogP contribution in [0, 0.1) is 0 Å². The summed E-state index contributed by atoms with van der Waals surface area (Å²) >= 11 is 1.43. The number of rotatable bonds is 3. The first kappa shape index (κ1) is 15.7. The Balaban J connectivity index is 1.72. The lowest BCUT2D eigenvalue weighted by Gasteiger charge is -2.25. The fourth-order valence-corrected chi connectivity index (χ4v) is 3.76. The monoisotopic (exact) mass is 351 g/mol. The number of para-hydroxylation sites is 1. The van der Waals surface area contributed by atoms with E-state index in [0.29, 0.717) is 17.9 Å². The van der Waals surface area contributed by atoms with E-state index < -0.39 is 0 Å². The van der Waals surface area contributed by atoms with Gasteiger partial charge >= 0.3 is 0 Å². The molecule has 0 fully saturated rings. The second kappa shape index (κ2) is 6.57. The molecule has 0 saturated carbocycles. The summed E-state index contributed by atoms with van der Waals surface area (Å²) in [4.78, 5) is 20.2. The standard InChI is InChI=1S/C19H17N3O2S/c1-24-16-9-5-6-14(10-16)11-17-18(23)22-13-21(12-20-19(22)25-17)15-7-3-2-4-8-15/h2-11H,12-13H2,1H3/b17-11-. The maximum atomic E-state index is 12.8. The molecule has 4 rings (SSSR count). The van der Waals surface area contributed by atoms with Gasteiger partial charge in [-0.3, -0.25) is 9.36 Å². The molecule has 1 aliphatic rings. The van der Waals surface area contributed by atoms with Crippen molar-refractivity contribution >= 4 is 23.1 Å². The Morgan fingerprint density at radius 2 is 2.00 bits per heavy atom. The molecule has 0 aliphatic carbocycles. The predicted octanol–water partition coefficient (Wildman–Crippen LogP) is 1.80. The molecule has 0 bridgehead atoms. The average molecular weight is 351 g/mol. The lowest BCUT2D eigenvalue weighted by molar-refractivity contribution is 0.414. The molecule has 2 heterocycles. The van der Waals surface area contributed by atoms with Crippen LogP contribution in [0.1, 0.15) is 5.56 Å². The SMILES string of the molecule is COc1cccc(/C=c2\sc3n(c2=O)CN(c2ccccc2)CN=3)c1. The van der Waals surface area contributed by atoms with Crippen molar-refractivity contribution < 1.29 is 4.74 Å². The number of methoxy groups -OCH3 is 1. The van der Waals surface area contributed by atoms with E-state index in [1.807, 2.05) is 60.7 Å². The molecule has 0 radical (unpaired) electrons. The average Bonchev–Trinajstić information content (AvgIpc) is 2.98. The molecule has 1 aliphatic heterocycles. The van der Waals surface area contributed by atoms with Crippen molar-refractivity contribution in [2.75, 3.05) is 18.7 Å². The van der Waals surface area contributed by atoms with Gasteiger partial charge < -0.3 is 9.64 Å². The highest BCUT2D eigenvalue weighted by molar-refractivity contribution is 7.07. The van der Waals surface area contributed by atoms with Crippen LogP contribution in [0.5, 0.6) is 5.75 Å². The van der Waals surface area contributed by atoms with Crippen LogP contribution in [0.2, 0.25) is 0 Å². The van der Waals surface area contributed by atoms with E-state index in [2.05, 4.69) is 9.89 Å². The van der Waals surface area contributed by atoms with Crippen molar-refractivity contribution in [2.24, 2.45) is 4.99 Å². The van der Waals surface area contributed by atoms with Crippen molar-refractivity contribution in [3.63, 3.8) is 0 Å². The number of nitrogens with zero attached hydrogens (tertiary/aromatic N) is 3. The lowest BCUT2D eigenvalue weighted by Crippen LogP contribution is -2.42. The third-order valence-corrected chi connectivity index (χ3v) is 5.13. The van der Waals surface area contributed by atoms with Gasteiger partial charge in [0.05, 0.1) is 11.6 Å². The molecule has 1 aromatic heterocycles. The van der Waals surface area contributed by atoms with Crippen LogP contribution in [-0.2, 0) is 6.67 Å². The molecule has 2 aromatic carbocycles. The molecule has 126 valence electrons. The number of ether oxygens (including phenoxy) is 1. The molecule has 6 heteroatoms. The number of anilines is 1. The van der Waals surface area contributed by atoms with Crippen molar-refractivity contribution in [3.8, 4) is 5.75 Å². The first-order valence-corrected chi connectivity index (χ1v) is 8.76. The van der Waals surface area contributed by atoms with E-state index in [0.717, 1.165) is 21.8 Å². The molecule has 0 unspecified atom stereocenters. The number of fused-ring (bicyclic) bond motifs is 1. The van der Waals surface area contributed by atoms with Gasteiger partial charge in [0.25, 0.3) is 5.56 Å². The normalized spacial score (nSPS) is 14.1. The van der Waals surface area contributed by atoms with Gasteiger partial charge in [0, 0.05) is 5.69 Å². The van der Waals surface area contributed by atoms with Crippen LogP contribution in [0.15, 0.2) is 64.4 Å². The number of aromatic nitrogens is 1. The second-order valence-electron chi connectivity index (χ2n) is 5.72. The molecule has 0 N–H and O–H groups in total. The molecule has 0 saturated heterocycles. The van der Waals surface area contributed by atoms with Crippen LogP contribution < -0.4 is 24.5 Å². The van der Waals surface area contributed by atoms with Gasteiger partial charge in [-0.05, 0) is 35.9 Å². The van der Waals surface area contributed by atoms with Crippen molar-refractivity contribution in [1.82, 2.24) is 4.57 Å². The van der Waals surface area contributed by atoms with Gasteiger partial charge in [0.1, 0.15) is 19.1 Å². The van der Waals surface area contributed by atoms with Crippen LogP contribution in [0.25, 0.3) is 6.08 Å². The Bertz CT molecular complexity index is 1070. The lowest BCUT2D eigenvalue weighted by atomic mass is 10.2. The first-order chi connectivity index (χ1) is 12.2. The van der Waals surface area contributed by atoms with Crippen molar-refractivity contribution in [2.45, 2.75) is 6.67 Å². The maximum Gasteiger partial charge on any atom is 0.271 e. The highest BCUT2D eigenvalue weighted by Gasteiger charge is 2.15. The zero-order valence-electron chi connectivity index (χ0n) is 13.8. The summed E-state index contributed by atoms with van der Waals surface area (Å²) in [7, 11) is 1.63. The molecular weight excluding hydrogens is 334 g/mol. The molecule has 0 spiro atoms. The van der Waals surface area contributed by atoms with Gasteiger partial charge in [-0.25, -0.2) is 4.99 Å². The Kier molecular flexibility index (Phi) is 4.11. The van der Waals surface area contributed by atoms with Crippen LogP contribution in [0.3, 0.4) is 0 Å². The summed E-state index contributed by atoms with van der Waals surface area (Å²) in [6.45, 7) is 1.08. The van der Waals surface area contributed by atoms with E-state index in [4.69, 9.17) is 4.74 Å². The van der Waals surface area contributed by atoms with Crippen molar-refractivity contribution in [1.29, 1.82) is 0 Å². The van der Waals surface area contributed by atoms with Gasteiger partial charge in [-0.2, -0.15) is 0 Å². The summed E-state index contributed by atoms with van der Waals surface area (Å²) < 4.78 is 7.65. The van der Waals surface area contributed by atoms with E-state index in [1.165, 1.54) is 11.3 Å². The topological polar surface area (TPSA) is 46.8 Å². The smallest absolute Gasteiger partial charge is 0.271 e. The zero-order chi connectivity index (χ0) is 17.2. The van der Waals surface area contributed by atoms with Gasteiger partial charge in [0.15, 0.2) is 4.80 Å². The van der Waals surface area contributed by atoms with Crippen LogP contribution in [0.4, 0.5) is 5.69 Å². The number of hydrogen-bond acceptors (Lipinski definition) is 5. The van der Waals surface area contributed by atoms with E-state index in [-0.39, 0.29) is 5.56 Å². The third-order valence-electron chi connectivity index (χ3n) is 4.09. The van der Waals surface area contributed by atoms with E-state index in [9.17, 15) is 4.79 Å². The largest absolute Gasteiger partial charge is 0.497 e. The Morgan fingerprint density at radius 1 is 1.16 bits per heavy atom. The van der Waals surface area contributed by atoms with Crippen LogP contribution >= 0.6 is 11.3 Å². The molecule has 25 heavy (non-hydrogen) atoms. The second-order valence-corrected chi connectivity index (χ2v) is 6.73. The Morgan fingerprint density at radius 3 is 2.80 bits per heavy atom. The first-order valence-electron chi connectivity index (χ1n) is 7.94. The number of benzene rings is 2. The zero-order valence-corrected chi connectivity index (χ0v) is 14.6. The molecule has 0 atom stereocenters. The Labute approximate surface area is 148 Å². The Hall–Kier alpha value is -2.86. The highest BCUT2D eigenvalue weighted by Crippen LogP contribution is 2.15. The predicted molar refractivity (Wildman–Crippen MR) is 99.7 cm³/mol. The summed E-state index contributed by atoms with van der Waals surface area (Å²) in [5.74, 6) is 0.773. The highest BCUT2D eigenvalue weighted by atomic mass is 32.1. The summed E-state index contributed by atoms with van der Waals surface area (Å²) in [6, 6.07) is 17.7. The van der Waals surface area contributed by atoms with Crippen molar-refractivity contribution in [3.05, 3.63) is 79.8 Å². The van der Waals surface area contributed by atoms with E-state index in [1.54, 1.807) is 11.7 Å². The fraction of sp³-hybridized carbons (Fsp3) is 0.158. The minimum Gasteiger partial charge on any atom is -0.497 e. The molecule has 0 amide bonds. The molecular formula is C19H17N3O2S. The quantitative estimate of drug-likeness (QED) is 0.723. The molecule has 5 nitrogen and oxygen atoms in total. The molecule has 3 aromatic rings. The number of thiazole rings is 1. The maximum absolute atomic E-state index is 12.8. The third kappa shape index (κ3) is 3.08. The summed E-state index contributed by atoms with van der Waals surface area (Å²) in [5, 5.41) is 0. The summed E-state index contributed by atoms with van der Waals surface area (Å²) in [6.07, 6.45) is 1.89.